The van der Waals surface area contributed by atoms with Crippen molar-refractivity contribution in [2.24, 2.45) is 5.92 Å². The predicted molar refractivity (Wildman–Crippen MR) is 80.4 cm³/mol. The maximum Gasteiger partial charge on any atom is 0.251 e. The molecule has 0 heterocycles. The molecular formula is C15H22BrNO. The molecule has 0 bridgehead atoms. The molecule has 1 rings (SSSR count). The average Bonchev–Trinajstić information content (AvgIpc) is 2.31. The van der Waals surface area contributed by atoms with Gasteiger partial charge in [0.15, 0.2) is 0 Å². The van der Waals surface area contributed by atoms with Crippen LogP contribution in [0.3, 0.4) is 0 Å². The van der Waals surface area contributed by atoms with Crippen molar-refractivity contribution in [3.63, 3.8) is 0 Å². The van der Waals surface area contributed by atoms with E-state index in [2.05, 4.69) is 42.0 Å². The fourth-order valence-electron chi connectivity index (χ4n) is 1.82. The highest BCUT2D eigenvalue weighted by molar-refractivity contribution is 9.09. The van der Waals surface area contributed by atoms with Crippen LogP contribution in [0.1, 0.15) is 41.8 Å². The highest BCUT2D eigenvalue weighted by atomic mass is 79.9. The zero-order valence-corrected chi connectivity index (χ0v) is 13.2. The van der Waals surface area contributed by atoms with E-state index in [1.165, 1.54) is 5.56 Å². The third-order valence-electron chi connectivity index (χ3n) is 3.31. The second-order valence-corrected chi connectivity index (χ2v) is 5.89. The molecule has 1 amide bonds. The molecule has 1 aromatic carbocycles. The number of carbonyl (C=O) groups excluding carboxylic acids is 1. The van der Waals surface area contributed by atoms with Gasteiger partial charge in [-0.2, -0.15) is 0 Å². The smallest absolute Gasteiger partial charge is 0.251 e. The summed E-state index contributed by atoms with van der Waals surface area (Å²) in [7, 11) is 0. The average molecular weight is 312 g/mol. The van der Waals surface area contributed by atoms with Gasteiger partial charge >= 0.3 is 0 Å². The lowest BCUT2D eigenvalue weighted by Crippen LogP contribution is -2.38. The zero-order valence-electron chi connectivity index (χ0n) is 11.6. The van der Waals surface area contributed by atoms with Crippen LogP contribution in [0.25, 0.3) is 0 Å². The molecule has 0 aliphatic rings. The summed E-state index contributed by atoms with van der Waals surface area (Å²) in [6.07, 6.45) is 0.953. The number of carbonyl (C=O) groups is 1. The van der Waals surface area contributed by atoms with Crippen LogP contribution in [0, 0.1) is 19.8 Å². The highest BCUT2D eigenvalue weighted by Crippen LogP contribution is 2.12. The van der Waals surface area contributed by atoms with Crippen LogP contribution in [0.5, 0.6) is 0 Å². The summed E-state index contributed by atoms with van der Waals surface area (Å²) >= 11 is 3.43. The zero-order chi connectivity index (χ0) is 13.7. The van der Waals surface area contributed by atoms with E-state index in [4.69, 9.17) is 0 Å². The van der Waals surface area contributed by atoms with E-state index < -0.39 is 0 Å². The van der Waals surface area contributed by atoms with Gasteiger partial charge in [-0.3, -0.25) is 4.79 Å². The van der Waals surface area contributed by atoms with Crippen molar-refractivity contribution < 1.29 is 4.79 Å². The Hall–Kier alpha value is -0.830. The van der Waals surface area contributed by atoms with E-state index in [1.807, 2.05) is 25.1 Å². The summed E-state index contributed by atoms with van der Waals surface area (Å²) in [5.41, 5.74) is 3.12. The van der Waals surface area contributed by atoms with Crippen molar-refractivity contribution in [1.29, 1.82) is 0 Å². The molecule has 0 saturated carbocycles. The van der Waals surface area contributed by atoms with Crippen LogP contribution in [0.4, 0.5) is 0 Å². The minimum atomic E-state index is 0.0257. The molecule has 0 spiro atoms. The van der Waals surface area contributed by atoms with E-state index in [1.54, 1.807) is 0 Å². The van der Waals surface area contributed by atoms with E-state index in [-0.39, 0.29) is 11.9 Å². The predicted octanol–water partition coefficient (Wildman–Crippen LogP) is 3.84. The first-order chi connectivity index (χ1) is 8.45. The Morgan fingerprint density at radius 2 is 1.94 bits per heavy atom. The lowest BCUT2D eigenvalue weighted by atomic mass is 10.0. The second kappa shape index (κ2) is 6.93. The summed E-state index contributed by atoms with van der Waals surface area (Å²) in [5, 5.41) is 4.02. The van der Waals surface area contributed by atoms with Crippen LogP contribution in [0.15, 0.2) is 18.2 Å². The van der Waals surface area contributed by atoms with Crippen LogP contribution in [-0.2, 0) is 0 Å². The van der Waals surface area contributed by atoms with E-state index in [0.29, 0.717) is 5.92 Å². The van der Waals surface area contributed by atoms with E-state index >= 15 is 0 Å². The van der Waals surface area contributed by atoms with E-state index in [0.717, 1.165) is 22.9 Å². The normalized spacial score (nSPS) is 12.6. The Labute approximate surface area is 118 Å². The van der Waals surface area contributed by atoms with Crippen molar-refractivity contribution in [2.45, 2.75) is 40.2 Å². The largest absolute Gasteiger partial charge is 0.349 e. The Morgan fingerprint density at radius 1 is 1.28 bits per heavy atom. The number of hydrogen-bond acceptors (Lipinski definition) is 1. The number of nitrogens with one attached hydrogen (secondary N) is 1. The van der Waals surface area contributed by atoms with Gasteiger partial charge in [0.25, 0.3) is 5.91 Å². The number of hydrogen-bond donors (Lipinski definition) is 1. The topological polar surface area (TPSA) is 29.1 Å². The molecule has 0 saturated heterocycles. The quantitative estimate of drug-likeness (QED) is 0.822. The van der Waals surface area contributed by atoms with Gasteiger partial charge in [-0.25, -0.2) is 0 Å². The molecule has 0 fully saturated rings. The number of alkyl halides is 1. The van der Waals surface area contributed by atoms with Crippen molar-refractivity contribution in [1.82, 2.24) is 5.32 Å². The summed E-state index contributed by atoms with van der Waals surface area (Å²) < 4.78 is 0. The fraction of sp³-hybridized carbons (Fsp3) is 0.533. The van der Waals surface area contributed by atoms with Crippen molar-refractivity contribution in [3.05, 3.63) is 34.9 Å². The van der Waals surface area contributed by atoms with Gasteiger partial charge in [0.1, 0.15) is 0 Å². The Morgan fingerprint density at radius 3 is 2.44 bits per heavy atom. The minimum absolute atomic E-state index is 0.0257. The highest BCUT2D eigenvalue weighted by Gasteiger charge is 2.16. The van der Waals surface area contributed by atoms with E-state index in [9.17, 15) is 4.79 Å². The lowest BCUT2D eigenvalue weighted by molar-refractivity contribution is 0.0925. The molecule has 1 N–H and O–H groups in total. The number of rotatable bonds is 5. The standard InChI is InChI=1S/C15H22BrNO/c1-10(2)14(7-8-16)17-15(18)13-6-5-11(3)12(4)9-13/h5-6,9-10,14H,7-8H2,1-4H3,(H,17,18). The number of amides is 1. The van der Waals surface area contributed by atoms with Crippen LogP contribution in [0.2, 0.25) is 0 Å². The number of aryl methyl sites for hydroxylation is 2. The second-order valence-electron chi connectivity index (χ2n) is 5.10. The van der Waals surface area contributed by atoms with Gasteiger partial charge in [0, 0.05) is 16.9 Å². The number of halogens is 1. The minimum Gasteiger partial charge on any atom is -0.349 e. The monoisotopic (exact) mass is 311 g/mol. The van der Waals surface area contributed by atoms with Crippen LogP contribution in [-0.4, -0.2) is 17.3 Å². The third kappa shape index (κ3) is 4.13. The summed E-state index contributed by atoms with van der Waals surface area (Å²) in [5.74, 6) is 0.468. The van der Waals surface area contributed by atoms with Gasteiger partial charge in [0.2, 0.25) is 0 Å². The molecule has 18 heavy (non-hydrogen) atoms. The van der Waals surface area contributed by atoms with Gasteiger partial charge in [0.05, 0.1) is 0 Å². The van der Waals surface area contributed by atoms with Crippen molar-refractivity contribution >= 4 is 21.8 Å². The van der Waals surface area contributed by atoms with Crippen molar-refractivity contribution in [3.8, 4) is 0 Å². The first-order valence-electron chi connectivity index (χ1n) is 6.39. The Bertz CT molecular complexity index is 415. The molecule has 2 nitrogen and oxygen atoms in total. The van der Waals surface area contributed by atoms with Crippen molar-refractivity contribution in [2.75, 3.05) is 5.33 Å². The molecule has 100 valence electrons. The Kier molecular flexibility index (Phi) is 5.86. The van der Waals surface area contributed by atoms with Gasteiger partial charge in [-0.1, -0.05) is 35.8 Å². The SMILES string of the molecule is Cc1ccc(C(=O)NC(CCBr)C(C)C)cc1C. The molecule has 0 aromatic heterocycles. The van der Waals surface area contributed by atoms with Gasteiger partial charge < -0.3 is 5.32 Å². The molecule has 0 aliphatic carbocycles. The summed E-state index contributed by atoms with van der Waals surface area (Å²) in [4.78, 5) is 12.2. The lowest BCUT2D eigenvalue weighted by Gasteiger charge is -2.21. The first-order valence-corrected chi connectivity index (χ1v) is 7.52. The van der Waals surface area contributed by atoms with Crippen LogP contribution < -0.4 is 5.32 Å². The molecule has 1 atom stereocenters. The summed E-state index contributed by atoms with van der Waals surface area (Å²) in [6.45, 7) is 8.35. The van der Waals surface area contributed by atoms with Crippen LogP contribution >= 0.6 is 15.9 Å². The summed E-state index contributed by atoms with van der Waals surface area (Å²) in [6, 6.07) is 6.07. The molecule has 0 aliphatic heterocycles. The third-order valence-corrected chi connectivity index (χ3v) is 3.77. The maximum absolute atomic E-state index is 12.2. The van der Waals surface area contributed by atoms with Gasteiger partial charge in [-0.05, 0) is 49.4 Å². The molecular weight excluding hydrogens is 290 g/mol. The molecule has 3 heteroatoms. The Balaban J connectivity index is 2.77. The molecule has 1 aromatic rings. The van der Waals surface area contributed by atoms with Gasteiger partial charge in [-0.15, -0.1) is 0 Å². The number of benzene rings is 1. The molecule has 1 unspecified atom stereocenters. The fourth-order valence-corrected chi connectivity index (χ4v) is 2.32. The molecule has 0 radical (unpaired) electrons. The first kappa shape index (κ1) is 15.2. The maximum atomic E-state index is 12.2.